The van der Waals surface area contributed by atoms with Crippen LogP contribution in [0.3, 0.4) is 0 Å². The van der Waals surface area contributed by atoms with E-state index in [-0.39, 0.29) is 0 Å². The minimum atomic E-state index is 0.736. The number of para-hydroxylation sites is 1. The normalized spacial score (nSPS) is 33.9. The number of aromatic nitrogens is 1. The average molecular weight is 311 g/mol. The van der Waals surface area contributed by atoms with Crippen molar-refractivity contribution in [3.05, 3.63) is 29.1 Å². The fourth-order valence-corrected chi connectivity index (χ4v) is 6.08. The quantitative estimate of drug-likeness (QED) is 0.714. The second kappa shape index (κ2) is 4.79. The Balaban J connectivity index is 1.56. The van der Waals surface area contributed by atoms with Gasteiger partial charge >= 0.3 is 0 Å². The van der Waals surface area contributed by atoms with E-state index in [1.807, 2.05) is 0 Å². The van der Waals surface area contributed by atoms with Crippen molar-refractivity contribution in [3.63, 3.8) is 0 Å². The summed E-state index contributed by atoms with van der Waals surface area (Å²) < 4.78 is 3.45. The SMILES string of the molecule is Cn1/c(=N/N=C2C3CC4CC(C3)CC2C4)sc2ccccc21. The smallest absolute Gasteiger partial charge is 0.211 e. The fraction of sp³-hybridized carbons (Fsp3) is 0.556. The van der Waals surface area contributed by atoms with Crippen LogP contribution in [0.2, 0.25) is 0 Å². The van der Waals surface area contributed by atoms with Gasteiger partial charge in [0.15, 0.2) is 0 Å². The van der Waals surface area contributed by atoms with E-state index in [1.165, 1.54) is 48.0 Å². The topological polar surface area (TPSA) is 29.6 Å². The van der Waals surface area contributed by atoms with E-state index in [4.69, 9.17) is 5.10 Å². The van der Waals surface area contributed by atoms with E-state index in [1.54, 1.807) is 11.3 Å². The molecular weight excluding hydrogens is 290 g/mol. The van der Waals surface area contributed by atoms with Crippen molar-refractivity contribution in [2.24, 2.45) is 40.9 Å². The minimum Gasteiger partial charge on any atom is -0.318 e. The molecule has 0 saturated heterocycles. The lowest BCUT2D eigenvalue weighted by Gasteiger charge is -2.50. The lowest BCUT2D eigenvalue weighted by molar-refractivity contribution is 0.108. The molecule has 2 aromatic rings. The van der Waals surface area contributed by atoms with Crippen molar-refractivity contribution in [1.29, 1.82) is 0 Å². The first-order valence-corrected chi connectivity index (χ1v) is 9.25. The van der Waals surface area contributed by atoms with E-state index in [0.717, 1.165) is 28.5 Å². The van der Waals surface area contributed by atoms with Crippen LogP contribution in [0, 0.1) is 23.7 Å². The van der Waals surface area contributed by atoms with Crippen LogP contribution in [0.1, 0.15) is 32.1 Å². The van der Waals surface area contributed by atoms with Gasteiger partial charge in [-0.2, -0.15) is 5.10 Å². The number of fused-ring (bicyclic) bond motifs is 1. The summed E-state index contributed by atoms with van der Waals surface area (Å²) in [4.78, 5) is 1.02. The van der Waals surface area contributed by atoms with Crippen molar-refractivity contribution in [3.8, 4) is 0 Å². The zero-order chi connectivity index (χ0) is 14.7. The molecule has 4 bridgehead atoms. The molecule has 4 heteroatoms. The van der Waals surface area contributed by atoms with E-state index in [0.29, 0.717) is 0 Å². The van der Waals surface area contributed by atoms with Gasteiger partial charge in [-0.25, -0.2) is 0 Å². The van der Waals surface area contributed by atoms with Crippen LogP contribution in [0.15, 0.2) is 34.5 Å². The molecule has 4 fully saturated rings. The van der Waals surface area contributed by atoms with Crippen molar-refractivity contribution in [1.82, 2.24) is 4.57 Å². The highest BCUT2D eigenvalue weighted by atomic mass is 32.1. The summed E-state index contributed by atoms with van der Waals surface area (Å²) in [7, 11) is 2.09. The predicted molar refractivity (Wildman–Crippen MR) is 90.8 cm³/mol. The summed E-state index contributed by atoms with van der Waals surface area (Å²) in [5.41, 5.74) is 2.67. The van der Waals surface area contributed by atoms with Gasteiger partial charge in [-0.3, -0.25) is 0 Å². The molecule has 4 aliphatic rings. The molecule has 6 rings (SSSR count). The number of rotatable bonds is 1. The summed E-state index contributed by atoms with van der Waals surface area (Å²) in [5, 5.41) is 9.44. The second-order valence-corrected chi connectivity index (χ2v) is 8.35. The Morgan fingerprint density at radius 3 is 2.32 bits per heavy atom. The lowest BCUT2D eigenvalue weighted by Crippen LogP contribution is -2.45. The Bertz CT molecular complexity index is 796. The highest BCUT2D eigenvalue weighted by Crippen LogP contribution is 2.52. The second-order valence-electron chi connectivity index (χ2n) is 7.34. The van der Waals surface area contributed by atoms with E-state index in [9.17, 15) is 0 Å². The van der Waals surface area contributed by atoms with Gasteiger partial charge in [-0.15, -0.1) is 5.10 Å². The van der Waals surface area contributed by atoms with E-state index >= 15 is 0 Å². The van der Waals surface area contributed by atoms with Gasteiger partial charge in [0, 0.05) is 12.8 Å². The number of thiazole rings is 1. The maximum atomic E-state index is 4.78. The zero-order valence-corrected chi connectivity index (χ0v) is 13.7. The number of aryl methyl sites for hydroxylation is 1. The van der Waals surface area contributed by atoms with Gasteiger partial charge in [0.2, 0.25) is 4.80 Å². The Morgan fingerprint density at radius 2 is 1.64 bits per heavy atom. The van der Waals surface area contributed by atoms with Crippen LogP contribution in [-0.2, 0) is 7.05 Å². The van der Waals surface area contributed by atoms with Gasteiger partial charge in [-0.05, 0) is 67.9 Å². The summed E-state index contributed by atoms with van der Waals surface area (Å²) >= 11 is 1.74. The standard InChI is InChI=1S/C18H21N3S/c1-21-15-4-2-3-5-16(15)22-18(21)20-19-17-13-7-11-6-12(9-13)10-14(17)8-11/h2-5,11-14H,6-10H2,1H3/b19-17?,20-18-. The lowest BCUT2D eigenvalue weighted by atomic mass is 9.55. The summed E-state index contributed by atoms with van der Waals surface area (Å²) in [5.74, 6) is 3.45. The first-order chi connectivity index (χ1) is 10.8. The Labute approximate surface area is 134 Å². The first-order valence-electron chi connectivity index (χ1n) is 8.44. The van der Waals surface area contributed by atoms with E-state index in [2.05, 4.69) is 41.0 Å². The summed E-state index contributed by atoms with van der Waals surface area (Å²) in [6, 6.07) is 8.49. The number of nitrogens with zero attached hydrogens (tertiary/aromatic N) is 3. The largest absolute Gasteiger partial charge is 0.318 e. The van der Waals surface area contributed by atoms with Crippen LogP contribution in [0.5, 0.6) is 0 Å². The molecule has 0 aliphatic heterocycles. The fourth-order valence-electron chi connectivity index (χ4n) is 5.11. The summed E-state index contributed by atoms with van der Waals surface area (Å²) in [6.07, 6.45) is 6.99. The molecule has 0 atom stereocenters. The molecule has 0 radical (unpaired) electrons. The molecule has 1 aromatic heterocycles. The molecule has 3 nitrogen and oxygen atoms in total. The zero-order valence-electron chi connectivity index (χ0n) is 12.9. The number of hydrogen-bond acceptors (Lipinski definition) is 3. The third-order valence-electron chi connectivity index (χ3n) is 5.94. The van der Waals surface area contributed by atoms with Crippen molar-refractivity contribution < 1.29 is 0 Å². The van der Waals surface area contributed by atoms with Gasteiger partial charge in [-0.1, -0.05) is 23.5 Å². The van der Waals surface area contributed by atoms with Gasteiger partial charge in [0.25, 0.3) is 0 Å². The van der Waals surface area contributed by atoms with Crippen LogP contribution in [-0.4, -0.2) is 10.3 Å². The molecule has 1 aromatic carbocycles. The maximum absolute atomic E-state index is 4.78. The molecule has 4 aliphatic carbocycles. The van der Waals surface area contributed by atoms with Crippen LogP contribution < -0.4 is 4.80 Å². The molecule has 114 valence electrons. The monoisotopic (exact) mass is 311 g/mol. The number of benzene rings is 1. The third kappa shape index (κ3) is 1.93. The van der Waals surface area contributed by atoms with Gasteiger partial charge in [0.05, 0.1) is 10.2 Å². The van der Waals surface area contributed by atoms with Crippen LogP contribution in [0.25, 0.3) is 10.2 Å². The summed E-state index contributed by atoms with van der Waals surface area (Å²) in [6.45, 7) is 0. The highest BCUT2D eigenvalue weighted by Gasteiger charge is 2.46. The van der Waals surface area contributed by atoms with Crippen LogP contribution >= 0.6 is 11.3 Å². The van der Waals surface area contributed by atoms with Crippen molar-refractivity contribution in [2.75, 3.05) is 0 Å². The van der Waals surface area contributed by atoms with E-state index < -0.39 is 0 Å². The molecule has 22 heavy (non-hydrogen) atoms. The maximum Gasteiger partial charge on any atom is 0.211 e. The molecule has 0 amide bonds. The average Bonchev–Trinajstić information content (AvgIpc) is 2.83. The van der Waals surface area contributed by atoms with Crippen molar-refractivity contribution in [2.45, 2.75) is 32.1 Å². The molecule has 4 saturated carbocycles. The minimum absolute atomic E-state index is 0.736. The molecule has 1 heterocycles. The highest BCUT2D eigenvalue weighted by molar-refractivity contribution is 7.16. The molecule has 0 N–H and O–H groups in total. The van der Waals surface area contributed by atoms with Gasteiger partial charge < -0.3 is 4.57 Å². The predicted octanol–water partition coefficient (Wildman–Crippen LogP) is 3.95. The Morgan fingerprint density at radius 1 is 0.955 bits per heavy atom. The number of hydrogen-bond donors (Lipinski definition) is 0. The molecule has 0 spiro atoms. The first kappa shape index (κ1) is 13.1. The van der Waals surface area contributed by atoms with Gasteiger partial charge in [0.1, 0.15) is 0 Å². The molecular formula is C18H21N3S. The Hall–Kier alpha value is -1.42. The third-order valence-corrected chi connectivity index (χ3v) is 7.04. The molecule has 0 unspecified atom stereocenters. The Kier molecular flexibility index (Phi) is 2.84. The van der Waals surface area contributed by atoms with Crippen LogP contribution in [0.4, 0.5) is 0 Å². The van der Waals surface area contributed by atoms with Crippen molar-refractivity contribution >= 4 is 27.3 Å².